The van der Waals surface area contributed by atoms with Crippen molar-refractivity contribution in [2.75, 3.05) is 11.9 Å². The molecule has 11 heteroatoms. The summed E-state index contributed by atoms with van der Waals surface area (Å²) in [6, 6.07) is 7.98. The van der Waals surface area contributed by atoms with Crippen molar-refractivity contribution in [3.05, 3.63) is 69.9 Å². The highest BCUT2D eigenvalue weighted by Gasteiger charge is 2.33. The van der Waals surface area contributed by atoms with Crippen LogP contribution < -0.4 is 16.2 Å². The van der Waals surface area contributed by atoms with E-state index in [1.807, 2.05) is 12.1 Å². The number of fused-ring (bicyclic) bond motifs is 2. The second-order valence-corrected chi connectivity index (χ2v) is 8.42. The average molecular weight is 469 g/mol. The summed E-state index contributed by atoms with van der Waals surface area (Å²) in [6.45, 7) is 5.26. The van der Waals surface area contributed by atoms with E-state index in [1.54, 1.807) is 13.8 Å². The molecule has 4 heterocycles. The lowest BCUT2D eigenvalue weighted by atomic mass is 10.0. The Kier molecular flexibility index (Phi) is 5.35. The first-order chi connectivity index (χ1) is 16.2. The Labute approximate surface area is 192 Å². The van der Waals surface area contributed by atoms with Crippen LogP contribution in [0.15, 0.2) is 47.5 Å². The molecular formula is C23H22F3N7O. The van der Waals surface area contributed by atoms with Gasteiger partial charge in [0.25, 0.3) is 5.56 Å². The van der Waals surface area contributed by atoms with Crippen LogP contribution in [-0.4, -0.2) is 30.9 Å². The quantitative estimate of drug-likeness (QED) is 0.470. The predicted octanol–water partition coefficient (Wildman–Crippen LogP) is 3.97. The maximum Gasteiger partial charge on any atom is 0.433 e. The third-order valence-electron chi connectivity index (χ3n) is 5.74. The zero-order valence-electron chi connectivity index (χ0n) is 18.5. The number of anilines is 2. The molecule has 4 aromatic rings. The Balaban J connectivity index is 1.63. The van der Waals surface area contributed by atoms with Gasteiger partial charge in [-0.2, -0.15) is 18.2 Å². The molecular weight excluding hydrogens is 447 g/mol. The van der Waals surface area contributed by atoms with E-state index in [0.717, 1.165) is 37.5 Å². The van der Waals surface area contributed by atoms with Gasteiger partial charge in [-0.15, -0.1) is 0 Å². The molecule has 176 valence electrons. The van der Waals surface area contributed by atoms with Gasteiger partial charge in [-0.1, -0.05) is 6.07 Å². The van der Waals surface area contributed by atoms with E-state index in [4.69, 9.17) is 0 Å². The lowest BCUT2D eigenvalue weighted by Gasteiger charge is -2.18. The van der Waals surface area contributed by atoms with Crippen molar-refractivity contribution < 1.29 is 13.2 Å². The topological polar surface area (TPSA) is 89.7 Å². The van der Waals surface area contributed by atoms with Gasteiger partial charge >= 0.3 is 6.18 Å². The van der Waals surface area contributed by atoms with Crippen molar-refractivity contribution >= 4 is 22.7 Å². The minimum absolute atomic E-state index is 0.132. The first-order valence-corrected chi connectivity index (χ1v) is 10.9. The van der Waals surface area contributed by atoms with Crippen LogP contribution in [0.1, 0.15) is 36.7 Å². The summed E-state index contributed by atoms with van der Waals surface area (Å²) >= 11 is 0. The SMILES string of the molecule is CC(C)n1c(=O)c2cnc(Nc3ccc4c(c3)CNCC4)nc2n1-c1ccnc(C(F)(F)F)c1. The number of halogens is 3. The molecule has 2 N–H and O–H groups in total. The summed E-state index contributed by atoms with van der Waals surface area (Å²) in [6.07, 6.45) is -1.20. The van der Waals surface area contributed by atoms with Gasteiger partial charge in [0.05, 0.1) is 5.69 Å². The Bertz CT molecular complexity index is 1440. The Hall–Kier alpha value is -3.73. The van der Waals surface area contributed by atoms with E-state index in [9.17, 15) is 18.0 Å². The van der Waals surface area contributed by atoms with Crippen LogP contribution in [0.5, 0.6) is 0 Å². The van der Waals surface area contributed by atoms with Crippen LogP contribution in [-0.2, 0) is 19.1 Å². The van der Waals surface area contributed by atoms with Crippen molar-refractivity contribution in [1.82, 2.24) is 29.6 Å². The molecule has 0 atom stereocenters. The first-order valence-electron chi connectivity index (χ1n) is 10.9. The number of hydrogen-bond acceptors (Lipinski definition) is 6. The van der Waals surface area contributed by atoms with Crippen molar-refractivity contribution in [2.45, 2.75) is 39.0 Å². The first kappa shape index (κ1) is 22.1. The molecule has 34 heavy (non-hydrogen) atoms. The molecule has 0 amide bonds. The standard InChI is InChI=1S/C23H22F3N7O/c1-13(2)32-21(34)18-12-29-22(30-16-4-3-14-5-7-27-11-15(14)9-16)31-20(18)33(32)17-6-8-28-19(10-17)23(24,25)26/h3-4,6,8-10,12-13,27H,5,7,11H2,1-2H3,(H,29,30,31). The number of nitrogens with zero attached hydrogens (tertiary/aromatic N) is 5. The molecule has 0 bridgehead atoms. The molecule has 0 spiro atoms. The molecule has 0 radical (unpaired) electrons. The molecule has 1 aromatic carbocycles. The number of alkyl halides is 3. The van der Waals surface area contributed by atoms with E-state index in [1.165, 1.54) is 32.8 Å². The Morgan fingerprint density at radius 3 is 2.71 bits per heavy atom. The molecule has 3 aromatic heterocycles. The van der Waals surface area contributed by atoms with E-state index in [2.05, 4.69) is 31.7 Å². The summed E-state index contributed by atoms with van der Waals surface area (Å²) in [5.41, 5.74) is 2.13. The van der Waals surface area contributed by atoms with E-state index < -0.39 is 11.9 Å². The monoisotopic (exact) mass is 469 g/mol. The van der Waals surface area contributed by atoms with Crippen molar-refractivity contribution in [1.29, 1.82) is 0 Å². The average Bonchev–Trinajstić information content (AvgIpc) is 3.10. The van der Waals surface area contributed by atoms with Gasteiger partial charge in [-0.25, -0.2) is 14.3 Å². The van der Waals surface area contributed by atoms with Gasteiger partial charge in [0.2, 0.25) is 5.95 Å². The maximum atomic E-state index is 13.3. The maximum absolute atomic E-state index is 13.3. The van der Waals surface area contributed by atoms with Gasteiger partial charge in [-0.05, 0) is 62.2 Å². The number of aromatic nitrogens is 5. The van der Waals surface area contributed by atoms with E-state index >= 15 is 0 Å². The number of nitrogens with one attached hydrogen (secondary N) is 2. The third-order valence-corrected chi connectivity index (χ3v) is 5.74. The van der Waals surface area contributed by atoms with Crippen LogP contribution in [0.3, 0.4) is 0 Å². The summed E-state index contributed by atoms with van der Waals surface area (Å²) in [7, 11) is 0. The highest BCUT2D eigenvalue weighted by atomic mass is 19.4. The zero-order chi connectivity index (χ0) is 24.0. The zero-order valence-corrected chi connectivity index (χ0v) is 18.5. The molecule has 0 unspecified atom stereocenters. The largest absolute Gasteiger partial charge is 0.433 e. The summed E-state index contributed by atoms with van der Waals surface area (Å²) in [4.78, 5) is 25.3. The van der Waals surface area contributed by atoms with E-state index in [0.29, 0.717) is 0 Å². The molecule has 8 nitrogen and oxygen atoms in total. The number of pyridine rings is 1. The lowest BCUT2D eigenvalue weighted by molar-refractivity contribution is -0.141. The molecule has 5 rings (SSSR count). The lowest BCUT2D eigenvalue weighted by Crippen LogP contribution is -2.24. The third kappa shape index (κ3) is 3.92. The Morgan fingerprint density at radius 2 is 1.94 bits per heavy atom. The second-order valence-electron chi connectivity index (χ2n) is 8.42. The second kappa shape index (κ2) is 8.24. The number of hydrogen-bond donors (Lipinski definition) is 2. The molecule has 0 saturated carbocycles. The minimum Gasteiger partial charge on any atom is -0.324 e. The van der Waals surface area contributed by atoms with Crippen molar-refractivity contribution in [3.63, 3.8) is 0 Å². The predicted molar refractivity (Wildman–Crippen MR) is 121 cm³/mol. The molecule has 0 aliphatic carbocycles. The fourth-order valence-electron chi connectivity index (χ4n) is 4.17. The van der Waals surface area contributed by atoms with E-state index in [-0.39, 0.29) is 34.3 Å². The van der Waals surface area contributed by atoms with Gasteiger partial charge in [-0.3, -0.25) is 9.78 Å². The molecule has 0 saturated heterocycles. The van der Waals surface area contributed by atoms with Crippen LogP contribution in [0.2, 0.25) is 0 Å². The highest BCUT2D eigenvalue weighted by molar-refractivity contribution is 5.77. The van der Waals surface area contributed by atoms with Gasteiger partial charge in [0, 0.05) is 30.7 Å². The van der Waals surface area contributed by atoms with Crippen LogP contribution >= 0.6 is 0 Å². The summed E-state index contributed by atoms with van der Waals surface area (Å²) in [5.74, 6) is 0.232. The van der Waals surface area contributed by atoms with Crippen molar-refractivity contribution in [2.24, 2.45) is 0 Å². The summed E-state index contributed by atoms with van der Waals surface area (Å²) in [5, 5.41) is 6.69. The van der Waals surface area contributed by atoms with Crippen LogP contribution in [0, 0.1) is 0 Å². The molecule has 1 aliphatic rings. The van der Waals surface area contributed by atoms with Gasteiger partial charge in [0.1, 0.15) is 11.1 Å². The minimum atomic E-state index is -4.62. The fourth-order valence-corrected chi connectivity index (χ4v) is 4.17. The number of rotatable bonds is 4. The van der Waals surface area contributed by atoms with Crippen molar-refractivity contribution in [3.8, 4) is 5.69 Å². The Morgan fingerprint density at radius 1 is 1.12 bits per heavy atom. The normalized spacial score (nSPS) is 13.9. The van der Waals surface area contributed by atoms with Crippen LogP contribution in [0.25, 0.3) is 16.7 Å². The smallest absolute Gasteiger partial charge is 0.324 e. The molecule has 1 aliphatic heterocycles. The fraction of sp³-hybridized carbons (Fsp3) is 0.304. The van der Waals surface area contributed by atoms with Crippen LogP contribution in [0.4, 0.5) is 24.8 Å². The van der Waals surface area contributed by atoms with Gasteiger partial charge < -0.3 is 10.6 Å². The summed E-state index contributed by atoms with van der Waals surface area (Å²) < 4.78 is 42.7. The highest BCUT2D eigenvalue weighted by Crippen LogP contribution is 2.29. The molecule has 0 fully saturated rings. The number of benzene rings is 1. The van der Waals surface area contributed by atoms with Gasteiger partial charge in [0.15, 0.2) is 5.65 Å².